The molecule has 1 fully saturated rings. The van der Waals surface area contributed by atoms with Gasteiger partial charge >= 0.3 is 0 Å². The third-order valence-electron chi connectivity index (χ3n) is 3.95. The first-order chi connectivity index (χ1) is 10.7. The van der Waals surface area contributed by atoms with E-state index < -0.39 is 5.91 Å². The molecule has 0 spiro atoms. The number of carbonyl (C=O) groups is 1. The molecule has 2 heterocycles. The van der Waals surface area contributed by atoms with E-state index in [1.54, 1.807) is 6.20 Å². The molecule has 1 aromatic heterocycles. The highest BCUT2D eigenvalue weighted by Crippen LogP contribution is 2.19. The second-order valence-electron chi connectivity index (χ2n) is 5.67. The summed E-state index contributed by atoms with van der Waals surface area (Å²) in [4.78, 5) is 22.2. The SMILES string of the molecule is NC(=O)c1ccnc(-c2cccc(CN3CCCCC3)c2)n1. The summed E-state index contributed by atoms with van der Waals surface area (Å²) in [7, 11) is 0. The first kappa shape index (κ1) is 14.7. The first-order valence-electron chi connectivity index (χ1n) is 7.67. The average molecular weight is 296 g/mol. The molecule has 3 rings (SSSR count). The predicted molar refractivity (Wildman–Crippen MR) is 85.1 cm³/mol. The molecule has 22 heavy (non-hydrogen) atoms. The van der Waals surface area contributed by atoms with E-state index in [1.165, 1.54) is 30.9 Å². The van der Waals surface area contributed by atoms with Crippen LogP contribution in [0.4, 0.5) is 0 Å². The molecule has 5 heteroatoms. The van der Waals surface area contributed by atoms with Crippen LogP contribution in [0.2, 0.25) is 0 Å². The zero-order valence-corrected chi connectivity index (χ0v) is 12.5. The molecular weight excluding hydrogens is 276 g/mol. The summed E-state index contributed by atoms with van der Waals surface area (Å²) in [5.41, 5.74) is 7.68. The van der Waals surface area contributed by atoms with Gasteiger partial charge in [0.1, 0.15) is 5.69 Å². The van der Waals surface area contributed by atoms with E-state index in [0.29, 0.717) is 5.82 Å². The Kier molecular flexibility index (Phi) is 4.44. The standard InChI is InChI=1S/C17H20N4O/c18-16(22)15-7-8-19-17(20-15)14-6-4-5-13(11-14)12-21-9-2-1-3-10-21/h4-8,11H,1-3,9-10,12H2,(H2,18,22). The van der Waals surface area contributed by atoms with Crippen molar-refractivity contribution >= 4 is 5.91 Å². The minimum absolute atomic E-state index is 0.242. The smallest absolute Gasteiger partial charge is 0.267 e. The first-order valence-corrected chi connectivity index (χ1v) is 7.67. The maximum absolute atomic E-state index is 11.2. The number of rotatable bonds is 4. The molecule has 1 aromatic carbocycles. The molecule has 5 nitrogen and oxygen atoms in total. The van der Waals surface area contributed by atoms with Gasteiger partial charge < -0.3 is 5.73 Å². The number of benzene rings is 1. The Hall–Kier alpha value is -2.27. The lowest BCUT2D eigenvalue weighted by Crippen LogP contribution is -2.29. The third-order valence-corrected chi connectivity index (χ3v) is 3.95. The molecule has 114 valence electrons. The van der Waals surface area contributed by atoms with Gasteiger partial charge in [-0.3, -0.25) is 9.69 Å². The van der Waals surface area contributed by atoms with Crippen molar-refractivity contribution in [2.24, 2.45) is 5.73 Å². The number of hydrogen-bond acceptors (Lipinski definition) is 4. The van der Waals surface area contributed by atoms with Crippen LogP contribution in [0.1, 0.15) is 35.3 Å². The lowest BCUT2D eigenvalue weighted by Gasteiger charge is -2.26. The molecular formula is C17H20N4O. The van der Waals surface area contributed by atoms with E-state index in [2.05, 4.69) is 27.0 Å². The molecule has 0 saturated carbocycles. The second-order valence-corrected chi connectivity index (χ2v) is 5.67. The summed E-state index contributed by atoms with van der Waals surface area (Å²) in [6, 6.07) is 9.71. The molecule has 1 aliphatic rings. The molecule has 0 atom stereocenters. The van der Waals surface area contributed by atoms with Crippen LogP contribution >= 0.6 is 0 Å². The second kappa shape index (κ2) is 6.66. The number of hydrogen-bond donors (Lipinski definition) is 1. The molecule has 0 bridgehead atoms. The number of amides is 1. The van der Waals surface area contributed by atoms with Crippen molar-refractivity contribution in [3.63, 3.8) is 0 Å². The van der Waals surface area contributed by atoms with Crippen LogP contribution in [0, 0.1) is 0 Å². The minimum Gasteiger partial charge on any atom is -0.364 e. The van der Waals surface area contributed by atoms with E-state index in [1.807, 2.05) is 12.1 Å². The maximum atomic E-state index is 11.2. The zero-order chi connectivity index (χ0) is 15.4. The highest BCUT2D eigenvalue weighted by atomic mass is 16.1. The van der Waals surface area contributed by atoms with Gasteiger partial charge in [-0.1, -0.05) is 24.6 Å². The Labute approximate surface area is 130 Å². The number of nitrogens with two attached hydrogens (primary N) is 1. The summed E-state index contributed by atoms with van der Waals surface area (Å²) in [5, 5.41) is 0. The van der Waals surface area contributed by atoms with Crippen LogP contribution in [-0.4, -0.2) is 33.9 Å². The molecule has 1 amide bonds. The van der Waals surface area contributed by atoms with Crippen LogP contribution in [0.15, 0.2) is 36.5 Å². The molecule has 0 radical (unpaired) electrons. The van der Waals surface area contributed by atoms with Gasteiger partial charge in [-0.05, 0) is 43.6 Å². The molecule has 0 unspecified atom stereocenters. The van der Waals surface area contributed by atoms with Crippen molar-refractivity contribution in [3.05, 3.63) is 47.8 Å². The Bertz CT molecular complexity index is 665. The summed E-state index contributed by atoms with van der Waals surface area (Å²) < 4.78 is 0. The van der Waals surface area contributed by atoms with Crippen LogP contribution < -0.4 is 5.73 Å². The van der Waals surface area contributed by atoms with Crippen molar-refractivity contribution in [1.29, 1.82) is 0 Å². The maximum Gasteiger partial charge on any atom is 0.267 e. The Morgan fingerprint density at radius 2 is 2.00 bits per heavy atom. The van der Waals surface area contributed by atoms with Gasteiger partial charge in [-0.2, -0.15) is 0 Å². The number of carbonyl (C=O) groups excluding carboxylic acids is 1. The number of piperidine rings is 1. The Balaban J connectivity index is 1.81. The van der Waals surface area contributed by atoms with Gasteiger partial charge in [-0.25, -0.2) is 9.97 Å². The van der Waals surface area contributed by atoms with Crippen molar-refractivity contribution in [3.8, 4) is 11.4 Å². The predicted octanol–water partition coefficient (Wildman–Crippen LogP) is 2.23. The number of nitrogens with zero attached hydrogens (tertiary/aromatic N) is 3. The fraction of sp³-hybridized carbons (Fsp3) is 0.353. The highest BCUT2D eigenvalue weighted by molar-refractivity contribution is 5.91. The number of primary amides is 1. The topological polar surface area (TPSA) is 72.1 Å². The summed E-state index contributed by atoms with van der Waals surface area (Å²) in [6.07, 6.45) is 5.47. The Morgan fingerprint density at radius 1 is 1.18 bits per heavy atom. The van der Waals surface area contributed by atoms with Crippen molar-refractivity contribution < 1.29 is 4.79 Å². The van der Waals surface area contributed by atoms with E-state index in [-0.39, 0.29) is 5.69 Å². The van der Waals surface area contributed by atoms with E-state index in [0.717, 1.165) is 25.2 Å². The van der Waals surface area contributed by atoms with Gasteiger partial charge in [0.2, 0.25) is 0 Å². The third kappa shape index (κ3) is 3.49. The number of likely N-dealkylation sites (tertiary alicyclic amines) is 1. The van der Waals surface area contributed by atoms with Crippen LogP contribution in [-0.2, 0) is 6.54 Å². The van der Waals surface area contributed by atoms with E-state index in [9.17, 15) is 4.79 Å². The molecule has 0 aliphatic carbocycles. The lowest BCUT2D eigenvalue weighted by atomic mass is 10.1. The molecule has 2 aromatic rings. The van der Waals surface area contributed by atoms with Crippen LogP contribution in [0.3, 0.4) is 0 Å². The zero-order valence-electron chi connectivity index (χ0n) is 12.5. The van der Waals surface area contributed by atoms with Crippen molar-refractivity contribution in [2.75, 3.05) is 13.1 Å². The Morgan fingerprint density at radius 3 is 2.77 bits per heavy atom. The average Bonchev–Trinajstić information content (AvgIpc) is 2.56. The molecule has 2 N–H and O–H groups in total. The quantitative estimate of drug-likeness (QED) is 0.939. The fourth-order valence-corrected chi connectivity index (χ4v) is 2.82. The van der Waals surface area contributed by atoms with Crippen LogP contribution in [0.5, 0.6) is 0 Å². The van der Waals surface area contributed by atoms with Crippen molar-refractivity contribution in [1.82, 2.24) is 14.9 Å². The van der Waals surface area contributed by atoms with E-state index >= 15 is 0 Å². The van der Waals surface area contributed by atoms with Gasteiger partial charge in [0, 0.05) is 18.3 Å². The van der Waals surface area contributed by atoms with Gasteiger partial charge in [-0.15, -0.1) is 0 Å². The summed E-state index contributed by atoms with van der Waals surface area (Å²) in [5.74, 6) is 0.00455. The minimum atomic E-state index is -0.534. The monoisotopic (exact) mass is 296 g/mol. The normalized spacial score (nSPS) is 15.6. The highest BCUT2D eigenvalue weighted by Gasteiger charge is 2.11. The lowest BCUT2D eigenvalue weighted by molar-refractivity contribution is 0.0995. The van der Waals surface area contributed by atoms with Crippen LogP contribution in [0.25, 0.3) is 11.4 Å². The summed E-state index contributed by atoms with van der Waals surface area (Å²) in [6.45, 7) is 3.28. The van der Waals surface area contributed by atoms with Crippen molar-refractivity contribution in [2.45, 2.75) is 25.8 Å². The van der Waals surface area contributed by atoms with E-state index in [4.69, 9.17) is 5.73 Å². The molecule has 1 saturated heterocycles. The van der Waals surface area contributed by atoms with Gasteiger partial charge in [0.25, 0.3) is 5.91 Å². The molecule has 1 aliphatic heterocycles. The van der Waals surface area contributed by atoms with Gasteiger partial charge in [0.05, 0.1) is 0 Å². The fourth-order valence-electron chi connectivity index (χ4n) is 2.82. The largest absolute Gasteiger partial charge is 0.364 e. The van der Waals surface area contributed by atoms with Gasteiger partial charge in [0.15, 0.2) is 5.82 Å². The number of aromatic nitrogens is 2. The summed E-state index contributed by atoms with van der Waals surface area (Å²) >= 11 is 0.